The molecule has 0 aliphatic rings. The van der Waals surface area contributed by atoms with Gasteiger partial charge in [-0.1, -0.05) is 6.07 Å². The average molecular weight is 488 g/mol. The van der Waals surface area contributed by atoms with Gasteiger partial charge in [0.1, 0.15) is 23.0 Å². The number of nitrogens with one attached hydrogen (secondary N) is 2. The van der Waals surface area contributed by atoms with E-state index >= 15 is 0 Å². The van der Waals surface area contributed by atoms with Gasteiger partial charge in [0.2, 0.25) is 11.8 Å². The largest absolute Gasteiger partial charge is 0.478 e. The molecule has 10 heteroatoms. The molecule has 182 valence electrons. The summed E-state index contributed by atoms with van der Waals surface area (Å²) in [5, 5.41) is 22.2. The molecular formula is C26H20N2O8. The molecule has 0 heterocycles. The Morgan fingerprint density at radius 2 is 0.944 bits per heavy atom. The summed E-state index contributed by atoms with van der Waals surface area (Å²) in [7, 11) is 0. The third-order valence-corrected chi connectivity index (χ3v) is 4.28. The Kier molecular flexibility index (Phi) is 8.55. The monoisotopic (exact) mass is 488 g/mol. The van der Waals surface area contributed by atoms with Gasteiger partial charge in [-0.25, -0.2) is 9.59 Å². The summed E-state index contributed by atoms with van der Waals surface area (Å²) in [6.07, 6.45) is 3.33. The number of anilines is 2. The lowest BCUT2D eigenvalue weighted by Crippen LogP contribution is -2.08. The summed E-state index contributed by atoms with van der Waals surface area (Å²) in [4.78, 5) is 44.2. The lowest BCUT2D eigenvalue weighted by Gasteiger charge is -2.10. The second kappa shape index (κ2) is 12.2. The molecule has 0 aromatic heterocycles. The van der Waals surface area contributed by atoms with E-state index in [9.17, 15) is 19.2 Å². The van der Waals surface area contributed by atoms with E-state index in [0.29, 0.717) is 34.4 Å². The van der Waals surface area contributed by atoms with Gasteiger partial charge in [-0.2, -0.15) is 0 Å². The third-order valence-electron chi connectivity index (χ3n) is 4.28. The van der Waals surface area contributed by atoms with E-state index in [1.807, 2.05) is 0 Å². The zero-order valence-electron chi connectivity index (χ0n) is 18.6. The molecule has 0 saturated carbocycles. The Labute approximate surface area is 205 Å². The Morgan fingerprint density at radius 1 is 0.556 bits per heavy atom. The van der Waals surface area contributed by atoms with Crippen molar-refractivity contribution >= 4 is 35.1 Å². The minimum Gasteiger partial charge on any atom is -0.478 e. The first-order valence-electron chi connectivity index (χ1n) is 10.4. The van der Waals surface area contributed by atoms with Gasteiger partial charge in [-0.05, 0) is 60.7 Å². The summed E-state index contributed by atoms with van der Waals surface area (Å²) in [5.41, 5.74) is 0.939. The van der Waals surface area contributed by atoms with E-state index in [2.05, 4.69) is 10.6 Å². The molecule has 0 unspecified atom stereocenters. The predicted molar refractivity (Wildman–Crippen MR) is 130 cm³/mol. The van der Waals surface area contributed by atoms with Crippen LogP contribution < -0.4 is 20.1 Å². The summed E-state index contributed by atoms with van der Waals surface area (Å²) >= 11 is 0. The lowest BCUT2D eigenvalue weighted by atomic mass is 10.2. The molecule has 4 N–H and O–H groups in total. The standard InChI is InChI=1S/C26H20N2O8/c29-23(12-14-25(31)32)27-17-4-8-19(9-5-17)35-21-2-1-3-22(16-21)36-20-10-6-18(7-11-20)28-24(30)13-15-26(33)34/h1-16H,(H,27,29)(H,28,30)(H,31,32)(H,33,34). The van der Waals surface area contributed by atoms with E-state index in [-0.39, 0.29) is 0 Å². The first kappa shape index (κ1) is 25.2. The molecule has 2 amide bonds. The van der Waals surface area contributed by atoms with Crippen molar-refractivity contribution in [2.75, 3.05) is 10.6 Å². The number of benzene rings is 3. The van der Waals surface area contributed by atoms with Crippen molar-refractivity contribution in [2.45, 2.75) is 0 Å². The highest BCUT2D eigenvalue weighted by atomic mass is 16.5. The van der Waals surface area contributed by atoms with Gasteiger partial charge >= 0.3 is 11.9 Å². The minimum absolute atomic E-state index is 0.469. The highest BCUT2D eigenvalue weighted by Gasteiger charge is 2.05. The Hall–Kier alpha value is -5.38. The van der Waals surface area contributed by atoms with Crippen molar-refractivity contribution in [3.63, 3.8) is 0 Å². The summed E-state index contributed by atoms with van der Waals surface area (Å²) in [6.45, 7) is 0. The van der Waals surface area contributed by atoms with Crippen LogP contribution in [0.3, 0.4) is 0 Å². The van der Waals surface area contributed by atoms with Crippen molar-refractivity contribution in [2.24, 2.45) is 0 Å². The number of hydrogen-bond acceptors (Lipinski definition) is 6. The Balaban J connectivity index is 1.57. The van der Waals surface area contributed by atoms with Crippen LogP contribution in [0.5, 0.6) is 23.0 Å². The molecule has 0 aliphatic heterocycles. The first-order valence-corrected chi connectivity index (χ1v) is 10.4. The molecule has 10 nitrogen and oxygen atoms in total. The number of rotatable bonds is 10. The maximum absolute atomic E-state index is 11.6. The lowest BCUT2D eigenvalue weighted by molar-refractivity contribution is -0.132. The minimum atomic E-state index is -1.21. The second-order valence-corrected chi connectivity index (χ2v) is 7.05. The number of carboxylic acid groups (broad SMARTS) is 2. The fraction of sp³-hybridized carbons (Fsp3) is 0. The molecule has 0 bridgehead atoms. The van der Waals surface area contributed by atoms with Crippen LogP contribution in [0.25, 0.3) is 0 Å². The molecule has 3 aromatic carbocycles. The van der Waals surface area contributed by atoms with Crippen LogP contribution in [0, 0.1) is 0 Å². The smallest absolute Gasteiger partial charge is 0.328 e. The molecule has 36 heavy (non-hydrogen) atoms. The Morgan fingerprint density at radius 3 is 1.31 bits per heavy atom. The molecule has 3 aromatic rings. The van der Waals surface area contributed by atoms with Gasteiger partial charge in [0.15, 0.2) is 0 Å². The van der Waals surface area contributed by atoms with Gasteiger partial charge in [-0.3, -0.25) is 9.59 Å². The first-order chi connectivity index (χ1) is 17.3. The van der Waals surface area contributed by atoms with Crippen molar-refractivity contribution < 1.29 is 38.9 Å². The van der Waals surface area contributed by atoms with E-state index < -0.39 is 23.8 Å². The van der Waals surface area contributed by atoms with Gasteiger partial charge < -0.3 is 30.3 Å². The van der Waals surface area contributed by atoms with E-state index in [1.54, 1.807) is 72.8 Å². The van der Waals surface area contributed by atoms with Gasteiger partial charge in [0.25, 0.3) is 0 Å². The zero-order chi connectivity index (χ0) is 25.9. The fourth-order valence-electron chi connectivity index (χ4n) is 2.75. The van der Waals surface area contributed by atoms with Gasteiger partial charge in [0, 0.05) is 41.7 Å². The molecule has 0 aliphatic carbocycles. The van der Waals surface area contributed by atoms with E-state index in [1.165, 1.54) is 0 Å². The quantitative estimate of drug-likeness (QED) is 0.306. The van der Waals surface area contributed by atoms with Gasteiger partial charge in [0.05, 0.1) is 0 Å². The van der Waals surface area contributed by atoms with Crippen LogP contribution in [0.2, 0.25) is 0 Å². The number of carboxylic acids is 2. The number of carbonyl (C=O) groups excluding carboxylic acids is 2. The van der Waals surface area contributed by atoms with Crippen LogP contribution >= 0.6 is 0 Å². The van der Waals surface area contributed by atoms with Crippen LogP contribution in [0.4, 0.5) is 11.4 Å². The molecular weight excluding hydrogens is 468 g/mol. The number of hydrogen-bond donors (Lipinski definition) is 4. The van der Waals surface area contributed by atoms with Crippen molar-refractivity contribution in [3.05, 3.63) is 97.1 Å². The van der Waals surface area contributed by atoms with E-state index in [4.69, 9.17) is 19.7 Å². The van der Waals surface area contributed by atoms with Crippen LogP contribution in [0.15, 0.2) is 97.1 Å². The highest BCUT2D eigenvalue weighted by molar-refractivity contribution is 6.03. The van der Waals surface area contributed by atoms with Crippen LogP contribution in [-0.4, -0.2) is 34.0 Å². The fourth-order valence-corrected chi connectivity index (χ4v) is 2.75. The molecule has 0 atom stereocenters. The van der Waals surface area contributed by atoms with Gasteiger partial charge in [-0.15, -0.1) is 0 Å². The second-order valence-electron chi connectivity index (χ2n) is 7.05. The summed E-state index contributed by atoms with van der Waals surface area (Å²) in [5.74, 6) is -1.55. The van der Waals surface area contributed by atoms with Crippen molar-refractivity contribution in [3.8, 4) is 23.0 Å². The molecule has 0 saturated heterocycles. The summed E-state index contributed by atoms with van der Waals surface area (Å²) in [6, 6.07) is 19.9. The average Bonchev–Trinajstić information content (AvgIpc) is 2.84. The molecule has 3 rings (SSSR count). The zero-order valence-corrected chi connectivity index (χ0v) is 18.6. The maximum Gasteiger partial charge on any atom is 0.328 e. The highest BCUT2D eigenvalue weighted by Crippen LogP contribution is 2.29. The van der Waals surface area contributed by atoms with Crippen molar-refractivity contribution in [1.29, 1.82) is 0 Å². The SMILES string of the molecule is O=C(O)C=CC(=O)Nc1ccc(Oc2cccc(Oc3ccc(NC(=O)C=CC(=O)O)cc3)c2)cc1. The topological polar surface area (TPSA) is 151 Å². The molecule has 0 fully saturated rings. The number of amides is 2. The van der Waals surface area contributed by atoms with Crippen LogP contribution in [-0.2, 0) is 19.2 Å². The normalized spacial score (nSPS) is 10.7. The molecule has 0 radical (unpaired) electrons. The number of carbonyl (C=O) groups is 4. The predicted octanol–water partition coefficient (Wildman–Crippen LogP) is 4.43. The number of ether oxygens (including phenoxy) is 2. The van der Waals surface area contributed by atoms with Crippen molar-refractivity contribution in [1.82, 2.24) is 0 Å². The third kappa shape index (κ3) is 8.52. The number of aliphatic carboxylic acids is 2. The summed E-state index contributed by atoms with van der Waals surface area (Å²) < 4.78 is 11.6. The Bertz CT molecular complexity index is 1210. The van der Waals surface area contributed by atoms with E-state index in [0.717, 1.165) is 24.3 Å². The van der Waals surface area contributed by atoms with Crippen LogP contribution in [0.1, 0.15) is 0 Å². The maximum atomic E-state index is 11.6. The molecule has 0 spiro atoms.